The molecular weight excluding hydrogens is 252 g/mol. The van der Waals surface area contributed by atoms with Gasteiger partial charge in [0.15, 0.2) is 5.92 Å². The Kier molecular flexibility index (Phi) is 5.05. The van der Waals surface area contributed by atoms with Crippen LogP contribution in [0.1, 0.15) is 11.5 Å². The summed E-state index contributed by atoms with van der Waals surface area (Å²) in [6, 6.07) is 8.00. The monoisotopic (exact) mass is 266 g/mol. The molecule has 0 aromatic heterocycles. The number of carboxylic acid groups (broad SMARTS) is 1. The molecule has 102 valence electrons. The fourth-order valence-corrected chi connectivity index (χ4v) is 1.76. The van der Waals surface area contributed by atoms with Gasteiger partial charge >= 0.3 is 17.9 Å². The molecule has 0 bridgehead atoms. The SMILES string of the molecule is COC(=O)C(C(=O)OC)[C@H](C(=O)O)c1ccccc1. The number of carbonyl (C=O) groups is 3. The Bertz CT molecular complexity index is 451. The van der Waals surface area contributed by atoms with E-state index in [1.165, 1.54) is 12.1 Å². The van der Waals surface area contributed by atoms with E-state index in [1.807, 2.05) is 0 Å². The van der Waals surface area contributed by atoms with Gasteiger partial charge in [-0.25, -0.2) is 0 Å². The van der Waals surface area contributed by atoms with Crippen molar-refractivity contribution in [2.45, 2.75) is 5.92 Å². The van der Waals surface area contributed by atoms with E-state index in [1.54, 1.807) is 18.2 Å². The number of hydrogen-bond acceptors (Lipinski definition) is 5. The van der Waals surface area contributed by atoms with Crippen molar-refractivity contribution in [1.82, 2.24) is 0 Å². The van der Waals surface area contributed by atoms with E-state index >= 15 is 0 Å². The lowest BCUT2D eigenvalue weighted by atomic mass is 9.86. The molecule has 0 unspecified atom stereocenters. The highest BCUT2D eigenvalue weighted by Gasteiger charge is 2.42. The molecule has 0 aliphatic rings. The summed E-state index contributed by atoms with van der Waals surface area (Å²) in [7, 11) is 2.17. The standard InChI is InChI=1S/C13H14O6/c1-18-12(16)10(13(17)19-2)9(11(14)15)8-6-4-3-5-7-8/h3-7,9-10H,1-2H3,(H,14,15)/t9-/m1/s1. The van der Waals surface area contributed by atoms with E-state index < -0.39 is 29.7 Å². The average Bonchev–Trinajstić information content (AvgIpc) is 2.43. The number of carboxylic acids is 1. The van der Waals surface area contributed by atoms with Gasteiger partial charge in [-0.1, -0.05) is 30.3 Å². The molecule has 0 amide bonds. The summed E-state index contributed by atoms with van der Waals surface area (Å²) < 4.78 is 8.97. The van der Waals surface area contributed by atoms with E-state index in [2.05, 4.69) is 9.47 Å². The highest BCUT2D eigenvalue weighted by Crippen LogP contribution is 2.27. The number of rotatable bonds is 5. The first-order valence-electron chi connectivity index (χ1n) is 5.46. The highest BCUT2D eigenvalue weighted by molar-refractivity contribution is 6.00. The van der Waals surface area contributed by atoms with E-state index in [-0.39, 0.29) is 0 Å². The van der Waals surface area contributed by atoms with Crippen molar-refractivity contribution in [2.24, 2.45) is 5.92 Å². The predicted molar refractivity (Wildman–Crippen MR) is 64.3 cm³/mol. The fraction of sp³-hybridized carbons (Fsp3) is 0.308. The largest absolute Gasteiger partial charge is 0.481 e. The maximum atomic E-state index is 11.6. The summed E-state index contributed by atoms with van der Waals surface area (Å²) in [5.41, 5.74) is 0.329. The van der Waals surface area contributed by atoms with Gasteiger partial charge in [-0.15, -0.1) is 0 Å². The second-order valence-electron chi connectivity index (χ2n) is 3.75. The Hall–Kier alpha value is -2.37. The third-order valence-electron chi connectivity index (χ3n) is 2.67. The van der Waals surface area contributed by atoms with Gasteiger partial charge in [0.05, 0.1) is 14.2 Å². The minimum Gasteiger partial charge on any atom is -0.481 e. The third kappa shape index (κ3) is 3.31. The van der Waals surface area contributed by atoms with Crippen LogP contribution in [-0.4, -0.2) is 37.2 Å². The lowest BCUT2D eigenvalue weighted by molar-refractivity contribution is -0.164. The van der Waals surface area contributed by atoms with Crippen LogP contribution in [0, 0.1) is 5.92 Å². The summed E-state index contributed by atoms with van der Waals surface area (Å²) in [6.45, 7) is 0. The molecule has 6 nitrogen and oxygen atoms in total. The molecule has 0 aliphatic heterocycles. The molecule has 1 N–H and O–H groups in total. The Morgan fingerprint density at radius 1 is 1.00 bits per heavy atom. The maximum Gasteiger partial charge on any atom is 0.321 e. The quantitative estimate of drug-likeness (QED) is 0.626. The number of methoxy groups -OCH3 is 2. The Labute approximate surface area is 109 Å². The van der Waals surface area contributed by atoms with Crippen molar-refractivity contribution >= 4 is 17.9 Å². The topological polar surface area (TPSA) is 89.9 Å². The highest BCUT2D eigenvalue weighted by atomic mass is 16.5. The Balaban J connectivity index is 3.24. The van der Waals surface area contributed by atoms with Gasteiger partial charge in [0.1, 0.15) is 5.92 Å². The van der Waals surface area contributed by atoms with Crippen LogP contribution in [-0.2, 0) is 23.9 Å². The van der Waals surface area contributed by atoms with Gasteiger partial charge in [-0.05, 0) is 5.56 Å². The summed E-state index contributed by atoms with van der Waals surface area (Å²) in [4.78, 5) is 34.7. The number of aliphatic carboxylic acids is 1. The Morgan fingerprint density at radius 3 is 1.84 bits per heavy atom. The number of hydrogen-bond donors (Lipinski definition) is 1. The molecule has 0 fully saturated rings. The molecule has 1 rings (SSSR count). The van der Waals surface area contributed by atoms with Crippen molar-refractivity contribution in [3.8, 4) is 0 Å². The molecule has 0 heterocycles. The molecule has 6 heteroatoms. The molecule has 0 radical (unpaired) electrons. The van der Waals surface area contributed by atoms with Gasteiger partial charge < -0.3 is 14.6 Å². The molecule has 0 aliphatic carbocycles. The molecule has 0 saturated heterocycles. The van der Waals surface area contributed by atoms with Crippen molar-refractivity contribution in [1.29, 1.82) is 0 Å². The number of esters is 2. The van der Waals surface area contributed by atoms with Crippen LogP contribution in [0.2, 0.25) is 0 Å². The minimum atomic E-state index is -1.53. The van der Waals surface area contributed by atoms with Crippen LogP contribution < -0.4 is 0 Å². The van der Waals surface area contributed by atoms with Crippen molar-refractivity contribution in [3.63, 3.8) is 0 Å². The lowest BCUT2D eigenvalue weighted by Crippen LogP contribution is -2.36. The molecule has 1 aromatic rings. The van der Waals surface area contributed by atoms with E-state index in [4.69, 9.17) is 0 Å². The van der Waals surface area contributed by atoms with Gasteiger partial charge in [-0.3, -0.25) is 14.4 Å². The Morgan fingerprint density at radius 2 is 1.47 bits per heavy atom. The molecule has 19 heavy (non-hydrogen) atoms. The maximum absolute atomic E-state index is 11.6. The summed E-state index contributed by atoms with van der Waals surface area (Å²) in [5.74, 6) is -6.06. The fourth-order valence-electron chi connectivity index (χ4n) is 1.76. The second kappa shape index (κ2) is 6.53. The minimum absolute atomic E-state index is 0.329. The van der Waals surface area contributed by atoms with Crippen LogP contribution in [0.15, 0.2) is 30.3 Å². The first-order valence-corrected chi connectivity index (χ1v) is 5.46. The summed E-state index contributed by atoms with van der Waals surface area (Å²) in [6.07, 6.45) is 0. The van der Waals surface area contributed by atoms with Crippen molar-refractivity contribution < 1.29 is 29.0 Å². The van der Waals surface area contributed by atoms with Crippen LogP contribution in [0.5, 0.6) is 0 Å². The molecule has 1 atom stereocenters. The zero-order valence-corrected chi connectivity index (χ0v) is 10.5. The van der Waals surface area contributed by atoms with E-state index in [0.717, 1.165) is 14.2 Å². The van der Waals surface area contributed by atoms with E-state index in [9.17, 15) is 19.5 Å². The van der Waals surface area contributed by atoms with Crippen LogP contribution >= 0.6 is 0 Å². The molecular formula is C13H14O6. The molecule has 0 saturated carbocycles. The lowest BCUT2D eigenvalue weighted by Gasteiger charge is -2.20. The van der Waals surface area contributed by atoms with Crippen molar-refractivity contribution in [2.75, 3.05) is 14.2 Å². The zero-order valence-electron chi connectivity index (χ0n) is 10.5. The number of carbonyl (C=O) groups excluding carboxylic acids is 2. The van der Waals surface area contributed by atoms with Gasteiger partial charge in [-0.2, -0.15) is 0 Å². The number of ether oxygens (including phenoxy) is 2. The zero-order chi connectivity index (χ0) is 14.4. The first-order chi connectivity index (χ1) is 9.02. The smallest absolute Gasteiger partial charge is 0.321 e. The molecule has 1 aromatic carbocycles. The summed E-state index contributed by atoms with van der Waals surface area (Å²) >= 11 is 0. The van der Waals surface area contributed by atoms with Gasteiger partial charge in [0, 0.05) is 0 Å². The van der Waals surface area contributed by atoms with E-state index in [0.29, 0.717) is 5.56 Å². The first kappa shape index (κ1) is 14.7. The molecule has 0 spiro atoms. The number of benzene rings is 1. The van der Waals surface area contributed by atoms with Crippen LogP contribution in [0.25, 0.3) is 0 Å². The van der Waals surface area contributed by atoms with Gasteiger partial charge in [0.2, 0.25) is 0 Å². The average molecular weight is 266 g/mol. The van der Waals surface area contributed by atoms with Crippen LogP contribution in [0.3, 0.4) is 0 Å². The predicted octanol–water partition coefficient (Wildman–Crippen LogP) is 0.817. The third-order valence-corrected chi connectivity index (χ3v) is 2.67. The van der Waals surface area contributed by atoms with Crippen molar-refractivity contribution in [3.05, 3.63) is 35.9 Å². The van der Waals surface area contributed by atoms with Crippen LogP contribution in [0.4, 0.5) is 0 Å². The normalized spacial score (nSPS) is 11.7. The second-order valence-corrected chi connectivity index (χ2v) is 3.75. The van der Waals surface area contributed by atoms with Gasteiger partial charge in [0.25, 0.3) is 0 Å². The summed E-state index contributed by atoms with van der Waals surface area (Å²) in [5, 5.41) is 9.27.